The molecule has 1 aromatic rings. The van der Waals surface area contributed by atoms with Crippen molar-refractivity contribution in [1.82, 2.24) is 10.0 Å². The molecular weight excluding hydrogens is 292 g/mol. The van der Waals surface area contributed by atoms with Crippen LogP contribution in [0.3, 0.4) is 0 Å². The molecule has 1 aromatic carbocycles. The molecule has 21 heavy (non-hydrogen) atoms. The van der Waals surface area contributed by atoms with Gasteiger partial charge in [0.05, 0.1) is 11.5 Å². The molecule has 6 nitrogen and oxygen atoms in total. The standard InChI is InChI=1S/C14H22N2O4S/c1-19-10-11-20-13-4-6-14(7-5-13)21(17,18)16-9-8-15-12-2-3-12/h4-7,12,15-16H,2-3,8-11H2,1H3. The largest absolute Gasteiger partial charge is 0.491 e. The van der Waals surface area contributed by atoms with Crippen molar-refractivity contribution in [2.45, 2.75) is 23.8 Å². The van der Waals surface area contributed by atoms with Crippen LogP contribution < -0.4 is 14.8 Å². The predicted octanol–water partition coefficient (Wildman–Crippen LogP) is 0.742. The number of hydrogen-bond acceptors (Lipinski definition) is 5. The van der Waals surface area contributed by atoms with E-state index in [2.05, 4.69) is 10.0 Å². The molecule has 2 N–H and O–H groups in total. The van der Waals surface area contributed by atoms with Crippen LogP contribution in [0.5, 0.6) is 5.75 Å². The monoisotopic (exact) mass is 314 g/mol. The van der Waals surface area contributed by atoms with Crippen LogP contribution >= 0.6 is 0 Å². The van der Waals surface area contributed by atoms with E-state index in [1.807, 2.05) is 0 Å². The molecule has 1 aliphatic carbocycles. The highest BCUT2D eigenvalue weighted by Crippen LogP contribution is 2.18. The number of sulfonamides is 1. The highest BCUT2D eigenvalue weighted by molar-refractivity contribution is 7.89. The van der Waals surface area contributed by atoms with Gasteiger partial charge in [-0.15, -0.1) is 0 Å². The zero-order valence-corrected chi connectivity index (χ0v) is 13.0. The first-order valence-corrected chi connectivity index (χ1v) is 8.55. The van der Waals surface area contributed by atoms with Crippen molar-refractivity contribution in [3.8, 4) is 5.75 Å². The van der Waals surface area contributed by atoms with Crippen molar-refractivity contribution in [2.24, 2.45) is 0 Å². The lowest BCUT2D eigenvalue weighted by Gasteiger charge is -2.09. The Labute approximate surface area is 125 Å². The Bertz CT molecular complexity index is 526. The summed E-state index contributed by atoms with van der Waals surface area (Å²) in [5, 5.41) is 3.26. The van der Waals surface area contributed by atoms with Gasteiger partial charge < -0.3 is 14.8 Å². The van der Waals surface area contributed by atoms with Crippen molar-refractivity contribution in [2.75, 3.05) is 33.4 Å². The molecule has 0 amide bonds. The quantitative estimate of drug-likeness (QED) is 0.623. The molecule has 0 spiro atoms. The van der Waals surface area contributed by atoms with E-state index in [9.17, 15) is 8.42 Å². The van der Waals surface area contributed by atoms with Gasteiger partial charge in [0.25, 0.3) is 0 Å². The van der Waals surface area contributed by atoms with Crippen molar-refractivity contribution < 1.29 is 17.9 Å². The molecule has 0 radical (unpaired) electrons. The molecule has 1 fully saturated rings. The van der Waals surface area contributed by atoms with Crippen molar-refractivity contribution in [3.63, 3.8) is 0 Å². The average molecular weight is 314 g/mol. The Hall–Kier alpha value is -1.15. The van der Waals surface area contributed by atoms with Gasteiger partial charge >= 0.3 is 0 Å². The molecule has 0 aromatic heterocycles. The second-order valence-corrected chi connectivity index (χ2v) is 6.71. The summed E-state index contributed by atoms with van der Waals surface area (Å²) < 4.78 is 37.0. The summed E-state index contributed by atoms with van der Waals surface area (Å²) in [6.07, 6.45) is 2.38. The van der Waals surface area contributed by atoms with E-state index in [1.54, 1.807) is 31.4 Å². The van der Waals surface area contributed by atoms with E-state index in [0.717, 1.165) is 0 Å². The summed E-state index contributed by atoms with van der Waals surface area (Å²) in [4.78, 5) is 0.244. The van der Waals surface area contributed by atoms with E-state index < -0.39 is 10.0 Å². The summed E-state index contributed by atoms with van der Waals surface area (Å²) in [5.41, 5.74) is 0. The van der Waals surface area contributed by atoms with E-state index in [0.29, 0.717) is 38.1 Å². The second kappa shape index (κ2) is 7.74. The molecule has 118 valence electrons. The molecule has 7 heteroatoms. The topological polar surface area (TPSA) is 76.7 Å². The van der Waals surface area contributed by atoms with Crippen LogP contribution in [0.2, 0.25) is 0 Å². The molecule has 0 unspecified atom stereocenters. The van der Waals surface area contributed by atoms with Crippen LogP contribution in [-0.4, -0.2) is 47.9 Å². The number of methoxy groups -OCH3 is 1. The lowest BCUT2D eigenvalue weighted by molar-refractivity contribution is 0.146. The van der Waals surface area contributed by atoms with Gasteiger partial charge in [0.2, 0.25) is 10.0 Å². The maximum absolute atomic E-state index is 12.1. The van der Waals surface area contributed by atoms with E-state index in [1.165, 1.54) is 12.8 Å². The van der Waals surface area contributed by atoms with Crippen molar-refractivity contribution in [3.05, 3.63) is 24.3 Å². The minimum atomic E-state index is -3.45. The minimum Gasteiger partial charge on any atom is -0.491 e. The summed E-state index contributed by atoms with van der Waals surface area (Å²) in [7, 11) is -1.85. The second-order valence-electron chi connectivity index (χ2n) is 4.94. The molecule has 1 aliphatic rings. The summed E-state index contributed by atoms with van der Waals surface area (Å²) in [6.45, 7) is 1.98. The maximum atomic E-state index is 12.1. The Morgan fingerprint density at radius 1 is 1.14 bits per heavy atom. The Morgan fingerprint density at radius 2 is 1.86 bits per heavy atom. The normalized spacial score (nSPS) is 15.1. The Morgan fingerprint density at radius 3 is 2.48 bits per heavy atom. The zero-order valence-electron chi connectivity index (χ0n) is 12.2. The van der Waals surface area contributed by atoms with Gasteiger partial charge in [-0.2, -0.15) is 0 Å². The molecule has 0 saturated heterocycles. The van der Waals surface area contributed by atoms with E-state index in [4.69, 9.17) is 9.47 Å². The fourth-order valence-corrected chi connectivity index (χ4v) is 2.82. The molecule has 0 aliphatic heterocycles. The van der Waals surface area contributed by atoms with Crippen LogP contribution in [0.1, 0.15) is 12.8 Å². The highest BCUT2D eigenvalue weighted by Gasteiger charge is 2.20. The zero-order chi connectivity index (χ0) is 15.1. The van der Waals surface area contributed by atoms with Gasteiger partial charge in [-0.05, 0) is 37.1 Å². The highest BCUT2D eigenvalue weighted by atomic mass is 32.2. The third kappa shape index (κ3) is 5.62. The fourth-order valence-electron chi connectivity index (χ4n) is 1.79. The van der Waals surface area contributed by atoms with Gasteiger partial charge in [0.15, 0.2) is 0 Å². The summed E-state index contributed by atoms with van der Waals surface area (Å²) in [5.74, 6) is 0.626. The number of hydrogen-bond donors (Lipinski definition) is 2. The molecular formula is C14H22N2O4S. The van der Waals surface area contributed by atoms with E-state index >= 15 is 0 Å². The van der Waals surface area contributed by atoms with Gasteiger partial charge in [-0.25, -0.2) is 13.1 Å². The van der Waals surface area contributed by atoms with Crippen LogP contribution in [0, 0.1) is 0 Å². The van der Waals surface area contributed by atoms with E-state index in [-0.39, 0.29) is 4.90 Å². The van der Waals surface area contributed by atoms with Crippen molar-refractivity contribution in [1.29, 1.82) is 0 Å². The van der Waals surface area contributed by atoms with Gasteiger partial charge in [-0.3, -0.25) is 0 Å². The van der Waals surface area contributed by atoms with Crippen LogP contribution in [0.4, 0.5) is 0 Å². The number of ether oxygens (including phenoxy) is 2. The first-order chi connectivity index (χ1) is 10.1. The maximum Gasteiger partial charge on any atom is 0.240 e. The Kier molecular flexibility index (Phi) is 5.98. The lowest BCUT2D eigenvalue weighted by atomic mass is 10.3. The third-order valence-corrected chi connectivity index (χ3v) is 4.59. The van der Waals surface area contributed by atoms with Crippen LogP contribution in [0.25, 0.3) is 0 Å². The smallest absolute Gasteiger partial charge is 0.240 e. The Balaban J connectivity index is 1.80. The molecule has 1 saturated carbocycles. The first-order valence-electron chi connectivity index (χ1n) is 7.06. The van der Waals surface area contributed by atoms with Crippen LogP contribution in [0.15, 0.2) is 29.2 Å². The SMILES string of the molecule is COCCOc1ccc(S(=O)(=O)NCCNC2CC2)cc1. The first kappa shape index (κ1) is 16.2. The molecule has 2 rings (SSSR count). The number of benzene rings is 1. The predicted molar refractivity (Wildman–Crippen MR) is 80.0 cm³/mol. The average Bonchev–Trinajstić information content (AvgIpc) is 3.29. The summed E-state index contributed by atoms with van der Waals surface area (Å²) >= 11 is 0. The van der Waals surface area contributed by atoms with Gasteiger partial charge in [0.1, 0.15) is 12.4 Å². The third-order valence-electron chi connectivity index (χ3n) is 3.12. The van der Waals surface area contributed by atoms with Crippen LogP contribution in [-0.2, 0) is 14.8 Å². The number of nitrogens with one attached hydrogen (secondary N) is 2. The van der Waals surface area contributed by atoms with Crippen molar-refractivity contribution >= 4 is 10.0 Å². The molecule has 0 atom stereocenters. The fraction of sp³-hybridized carbons (Fsp3) is 0.571. The lowest BCUT2D eigenvalue weighted by Crippen LogP contribution is -2.32. The number of rotatable bonds is 10. The van der Waals surface area contributed by atoms with Gasteiger partial charge in [0, 0.05) is 26.2 Å². The molecule has 0 bridgehead atoms. The minimum absolute atomic E-state index is 0.244. The molecule has 0 heterocycles. The van der Waals surface area contributed by atoms with Gasteiger partial charge in [-0.1, -0.05) is 0 Å². The summed E-state index contributed by atoms with van der Waals surface area (Å²) in [6, 6.07) is 6.95.